The Kier molecular flexibility index (Phi) is 5.01. The number of benzene rings is 1. The van der Waals surface area contributed by atoms with Gasteiger partial charge < -0.3 is 9.14 Å². The fourth-order valence-electron chi connectivity index (χ4n) is 3.70. The molecule has 5 heteroatoms. The molecule has 1 aromatic carbocycles. The third kappa shape index (κ3) is 3.92. The van der Waals surface area contributed by atoms with Gasteiger partial charge in [-0.05, 0) is 36.5 Å². The molecule has 0 N–H and O–H groups in total. The summed E-state index contributed by atoms with van der Waals surface area (Å²) in [7, 11) is 0. The highest BCUT2D eigenvalue weighted by Gasteiger charge is 2.17. The van der Waals surface area contributed by atoms with Gasteiger partial charge in [0.25, 0.3) is 0 Å². The van der Waals surface area contributed by atoms with E-state index in [0.717, 1.165) is 0 Å². The summed E-state index contributed by atoms with van der Waals surface area (Å²) in [5.41, 5.74) is 2.72. The van der Waals surface area contributed by atoms with Crippen LogP contribution in [0.5, 0.6) is 0 Å². The number of pyridine rings is 1. The molecule has 1 fully saturated rings. The van der Waals surface area contributed by atoms with Crippen molar-refractivity contribution in [2.24, 2.45) is 0 Å². The first-order chi connectivity index (χ1) is 13.2. The zero-order chi connectivity index (χ0) is 18.6. The summed E-state index contributed by atoms with van der Waals surface area (Å²) in [4.78, 5) is 28.7. The van der Waals surface area contributed by atoms with E-state index in [9.17, 15) is 9.59 Å². The number of esters is 1. The van der Waals surface area contributed by atoms with E-state index in [1.165, 1.54) is 37.7 Å². The molecule has 0 radical (unpaired) electrons. The molecule has 0 bridgehead atoms. The Hall–Kier alpha value is -2.95. The number of hydrogen-bond acceptors (Lipinski definition) is 4. The van der Waals surface area contributed by atoms with Gasteiger partial charge in [-0.25, -0.2) is 9.78 Å². The standard InChI is InChI=1S/C22H22N2O3/c25-20(18-11-9-17(10-12-18)16-6-2-1-3-7-16)15-27-22(26)19-14-24-13-5-4-8-21(24)23-19/h4-5,8-14,16H,1-3,6-7,15H2. The van der Waals surface area contributed by atoms with Gasteiger partial charge in [-0.2, -0.15) is 0 Å². The van der Waals surface area contributed by atoms with Crippen LogP contribution in [0.3, 0.4) is 0 Å². The highest BCUT2D eigenvalue weighted by Crippen LogP contribution is 2.32. The number of carbonyl (C=O) groups is 2. The van der Waals surface area contributed by atoms with Gasteiger partial charge in [0.1, 0.15) is 5.65 Å². The largest absolute Gasteiger partial charge is 0.453 e. The van der Waals surface area contributed by atoms with Crippen LogP contribution in [0.15, 0.2) is 54.9 Å². The maximum absolute atomic E-state index is 12.3. The number of rotatable bonds is 5. The Morgan fingerprint density at radius 3 is 2.56 bits per heavy atom. The molecule has 0 aliphatic heterocycles. The number of Topliss-reactive ketones (excluding diaryl/α,β-unsaturated/α-hetero) is 1. The van der Waals surface area contributed by atoms with Gasteiger partial charge in [-0.3, -0.25) is 4.79 Å². The molecule has 0 atom stereocenters. The molecule has 0 unspecified atom stereocenters. The van der Waals surface area contributed by atoms with Gasteiger partial charge >= 0.3 is 5.97 Å². The molecule has 0 amide bonds. The highest BCUT2D eigenvalue weighted by molar-refractivity contribution is 5.99. The van der Waals surface area contributed by atoms with E-state index in [1.54, 1.807) is 22.9 Å². The van der Waals surface area contributed by atoms with Gasteiger partial charge in [0.2, 0.25) is 0 Å². The zero-order valence-electron chi connectivity index (χ0n) is 15.1. The number of aromatic nitrogens is 2. The number of fused-ring (bicyclic) bond motifs is 1. The molecule has 1 aliphatic rings. The van der Waals surface area contributed by atoms with Crippen LogP contribution in [-0.4, -0.2) is 27.7 Å². The Labute approximate surface area is 158 Å². The van der Waals surface area contributed by atoms with Crippen molar-refractivity contribution in [1.29, 1.82) is 0 Å². The lowest BCUT2D eigenvalue weighted by Crippen LogP contribution is -2.14. The zero-order valence-corrected chi connectivity index (χ0v) is 15.1. The van der Waals surface area contributed by atoms with Gasteiger partial charge in [-0.15, -0.1) is 0 Å². The van der Waals surface area contributed by atoms with Crippen LogP contribution in [0.2, 0.25) is 0 Å². The quantitative estimate of drug-likeness (QED) is 0.498. The SMILES string of the molecule is O=C(COC(=O)c1cn2ccccc2n1)c1ccc(C2CCCCC2)cc1. The smallest absolute Gasteiger partial charge is 0.359 e. The molecule has 27 heavy (non-hydrogen) atoms. The summed E-state index contributed by atoms with van der Waals surface area (Å²) in [5.74, 6) is -0.191. The second-order valence-electron chi connectivity index (χ2n) is 7.05. The lowest BCUT2D eigenvalue weighted by molar-refractivity contribution is 0.0469. The molecule has 5 nitrogen and oxygen atoms in total. The van der Waals surface area contributed by atoms with Crippen LogP contribution in [0.4, 0.5) is 0 Å². The normalized spacial score (nSPS) is 15.0. The lowest BCUT2D eigenvalue weighted by atomic mass is 9.84. The second kappa shape index (κ2) is 7.74. The summed E-state index contributed by atoms with van der Waals surface area (Å²) in [6.45, 7) is -0.282. The van der Waals surface area contributed by atoms with Gasteiger partial charge in [0.15, 0.2) is 18.1 Å². The van der Waals surface area contributed by atoms with E-state index in [4.69, 9.17) is 4.74 Å². The average Bonchev–Trinajstić information content (AvgIpc) is 3.17. The fourth-order valence-corrected chi connectivity index (χ4v) is 3.70. The van der Waals surface area contributed by atoms with Crippen LogP contribution >= 0.6 is 0 Å². The predicted molar refractivity (Wildman–Crippen MR) is 102 cm³/mol. The number of carbonyl (C=O) groups excluding carboxylic acids is 2. The molecule has 1 saturated carbocycles. The number of ether oxygens (including phenoxy) is 1. The van der Waals surface area contributed by atoms with Crippen LogP contribution in [0, 0.1) is 0 Å². The molecular weight excluding hydrogens is 340 g/mol. The van der Waals surface area contributed by atoms with E-state index in [2.05, 4.69) is 4.98 Å². The van der Waals surface area contributed by atoms with Gasteiger partial charge in [0, 0.05) is 18.0 Å². The first-order valence-corrected chi connectivity index (χ1v) is 9.45. The van der Waals surface area contributed by atoms with E-state index in [-0.39, 0.29) is 18.1 Å². The molecule has 2 aromatic heterocycles. The van der Waals surface area contributed by atoms with Crippen molar-refractivity contribution in [3.05, 3.63) is 71.7 Å². The summed E-state index contributed by atoms with van der Waals surface area (Å²) in [6.07, 6.45) is 9.74. The van der Waals surface area contributed by atoms with Crippen molar-refractivity contribution in [2.45, 2.75) is 38.0 Å². The minimum absolute atomic E-state index is 0.196. The average molecular weight is 362 g/mol. The third-order valence-electron chi connectivity index (χ3n) is 5.22. The molecule has 0 saturated heterocycles. The Balaban J connectivity index is 1.36. The number of imidazole rings is 1. The molecule has 138 valence electrons. The van der Waals surface area contributed by atoms with Crippen LogP contribution in [-0.2, 0) is 4.74 Å². The Morgan fingerprint density at radius 2 is 1.81 bits per heavy atom. The third-order valence-corrected chi connectivity index (χ3v) is 5.22. The van der Waals surface area contributed by atoms with E-state index in [1.807, 2.05) is 36.4 Å². The fraction of sp³-hybridized carbons (Fsp3) is 0.318. The van der Waals surface area contributed by atoms with Crippen LogP contribution in [0.1, 0.15) is 64.4 Å². The van der Waals surface area contributed by atoms with Gasteiger partial charge in [0.05, 0.1) is 0 Å². The van der Waals surface area contributed by atoms with Crippen molar-refractivity contribution in [3.8, 4) is 0 Å². The van der Waals surface area contributed by atoms with Crippen molar-refractivity contribution in [3.63, 3.8) is 0 Å². The molecule has 2 heterocycles. The first-order valence-electron chi connectivity index (χ1n) is 9.45. The van der Waals surface area contributed by atoms with Crippen molar-refractivity contribution >= 4 is 17.4 Å². The minimum atomic E-state index is -0.592. The topological polar surface area (TPSA) is 60.7 Å². The number of nitrogens with zero attached hydrogens (tertiary/aromatic N) is 2. The van der Waals surface area contributed by atoms with Gasteiger partial charge in [-0.1, -0.05) is 49.6 Å². The predicted octanol–water partition coefficient (Wildman–Crippen LogP) is 4.42. The van der Waals surface area contributed by atoms with Crippen molar-refractivity contribution in [1.82, 2.24) is 9.38 Å². The number of ketones is 1. The lowest BCUT2D eigenvalue weighted by Gasteiger charge is -2.22. The summed E-state index contributed by atoms with van der Waals surface area (Å²) in [6, 6.07) is 13.2. The van der Waals surface area contributed by atoms with Crippen LogP contribution < -0.4 is 0 Å². The first kappa shape index (κ1) is 17.5. The molecular formula is C22H22N2O3. The van der Waals surface area contributed by atoms with E-state index < -0.39 is 5.97 Å². The van der Waals surface area contributed by atoms with Crippen molar-refractivity contribution < 1.29 is 14.3 Å². The summed E-state index contributed by atoms with van der Waals surface area (Å²) < 4.78 is 6.89. The van der Waals surface area contributed by atoms with E-state index >= 15 is 0 Å². The van der Waals surface area contributed by atoms with E-state index in [0.29, 0.717) is 17.1 Å². The molecule has 4 rings (SSSR count). The molecule has 3 aromatic rings. The second-order valence-corrected chi connectivity index (χ2v) is 7.05. The summed E-state index contributed by atoms with van der Waals surface area (Å²) in [5, 5.41) is 0. The monoisotopic (exact) mass is 362 g/mol. The Bertz CT molecular complexity index is 920. The maximum Gasteiger partial charge on any atom is 0.359 e. The highest BCUT2D eigenvalue weighted by atomic mass is 16.5. The molecule has 1 aliphatic carbocycles. The Morgan fingerprint density at radius 1 is 1.04 bits per heavy atom. The number of hydrogen-bond donors (Lipinski definition) is 0. The molecule has 0 spiro atoms. The van der Waals surface area contributed by atoms with Crippen molar-refractivity contribution in [2.75, 3.05) is 6.61 Å². The van der Waals surface area contributed by atoms with Crippen LogP contribution in [0.25, 0.3) is 5.65 Å². The summed E-state index contributed by atoms with van der Waals surface area (Å²) >= 11 is 0. The maximum atomic E-state index is 12.3. The minimum Gasteiger partial charge on any atom is -0.453 e.